The molecule has 0 saturated carbocycles. The molecule has 0 amide bonds. The number of hydrogen-bond acceptors (Lipinski definition) is 4. The van der Waals surface area contributed by atoms with Gasteiger partial charge in [-0.1, -0.05) is 23.7 Å². The van der Waals surface area contributed by atoms with Crippen molar-refractivity contribution >= 4 is 29.1 Å². The minimum absolute atomic E-state index is 0.126. The van der Waals surface area contributed by atoms with Gasteiger partial charge in [0.2, 0.25) is 5.78 Å². The molecule has 5 heteroatoms. The van der Waals surface area contributed by atoms with E-state index in [1.165, 1.54) is 0 Å². The lowest BCUT2D eigenvalue weighted by Gasteiger charge is -2.02. The van der Waals surface area contributed by atoms with Crippen LogP contribution in [0.15, 0.2) is 24.3 Å². The molecule has 0 unspecified atom stereocenters. The first kappa shape index (κ1) is 15.4. The fourth-order valence-corrected chi connectivity index (χ4v) is 1.74. The first-order valence-electron chi connectivity index (χ1n) is 5.99. The van der Waals surface area contributed by atoms with Crippen molar-refractivity contribution in [1.29, 1.82) is 0 Å². The number of esters is 1. The zero-order chi connectivity index (χ0) is 14.3. The number of rotatable bonds is 7. The topological polar surface area (TPSA) is 60.4 Å². The molecule has 0 aliphatic heterocycles. The molecule has 0 saturated heterocycles. The van der Waals surface area contributed by atoms with E-state index >= 15 is 0 Å². The number of Topliss-reactive ketones (excluding diaryl/α,β-unsaturated/α-hetero) is 2. The second-order valence-electron chi connectivity index (χ2n) is 3.99. The van der Waals surface area contributed by atoms with Crippen molar-refractivity contribution < 1.29 is 19.1 Å². The van der Waals surface area contributed by atoms with Crippen LogP contribution < -0.4 is 0 Å². The lowest BCUT2D eigenvalue weighted by Crippen LogP contribution is -2.20. The van der Waals surface area contributed by atoms with Gasteiger partial charge in [-0.3, -0.25) is 9.59 Å². The summed E-state index contributed by atoms with van der Waals surface area (Å²) in [4.78, 5) is 33.9. The van der Waals surface area contributed by atoms with Crippen molar-refractivity contribution in [1.82, 2.24) is 0 Å². The average Bonchev–Trinajstić information content (AvgIpc) is 2.36. The maximum Gasteiger partial charge on any atom is 0.375 e. The van der Waals surface area contributed by atoms with Gasteiger partial charge in [-0.15, -0.1) is 0 Å². The normalized spacial score (nSPS) is 10.0. The van der Waals surface area contributed by atoms with Crippen LogP contribution in [0, 0.1) is 0 Å². The van der Waals surface area contributed by atoms with E-state index < -0.39 is 18.2 Å². The molecule has 1 rings (SSSR count). The Kier molecular flexibility index (Phi) is 6.22. The van der Waals surface area contributed by atoms with Gasteiger partial charge in [0.1, 0.15) is 5.78 Å². The molecule has 0 aromatic heterocycles. The first-order valence-corrected chi connectivity index (χ1v) is 6.36. The molecular formula is C14H15ClO4. The third-order valence-corrected chi connectivity index (χ3v) is 2.68. The molecule has 19 heavy (non-hydrogen) atoms. The Morgan fingerprint density at radius 2 is 2.00 bits per heavy atom. The van der Waals surface area contributed by atoms with Crippen LogP contribution in [-0.2, 0) is 25.5 Å². The summed E-state index contributed by atoms with van der Waals surface area (Å²) in [7, 11) is 0. The Hall–Kier alpha value is -1.68. The average molecular weight is 283 g/mol. The standard InChI is InChI=1S/C14H15ClO4/c1-2-19-14(18)13(17)9-12(16)7-6-10-4-3-5-11(15)8-10/h3-5,8H,2,6-7,9H2,1H3. The molecule has 0 N–H and O–H groups in total. The minimum atomic E-state index is -0.946. The van der Waals surface area contributed by atoms with Gasteiger partial charge >= 0.3 is 5.97 Å². The van der Waals surface area contributed by atoms with E-state index in [1.54, 1.807) is 25.1 Å². The molecule has 102 valence electrons. The quantitative estimate of drug-likeness (QED) is 0.438. The minimum Gasteiger partial charge on any atom is -0.460 e. The van der Waals surface area contributed by atoms with Crippen LogP contribution in [0.2, 0.25) is 5.02 Å². The third-order valence-electron chi connectivity index (χ3n) is 2.44. The smallest absolute Gasteiger partial charge is 0.375 e. The second-order valence-corrected chi connectivity index (χ2v) is 4.43. The number of carbonyl (C=O) groups is 3. The molecule has 0 aliphatic rings. The summed E-state index contributed by atoms with van der Waals surface area (Å²) >= 11 is 5.82. The summed E-state index contributed by atoms with van der Waals surface area (Å²) in [6, 6.07) is 7.16. The van der Waals surface area contributed by atoms with Crippen LogP contribution in [0.25, 0.3) is 0 Å². The highest BCUT2D eigenvalue weighted by Crippen LogP contribution is 2.12. The van der Waals surface area contributed by atoms with Crippen LogP contribution in [-0.4, -0.2) is 24.1 Å². The number of benzene rings is 1. The van der Waals surface area contributed by atoms with E-state index in [0.29, 0.717) is 11.4 Å². The van der Waals surface area contributed by atoms with Crippen molar-refractivity contribution in [3.05, 3.63) is 34.9 Å². The summed E-state index contributed by atoms with van der Waals surface area (Å²) in [5, 5.41) is 0.604. The SMILES string of the molecule is CCOC(=O)C(=O)CC(=O)CCc1cccc(Cl)c1. The molecule has 0 atom stereocenters. The maximum atomic E-state index is 11.6. The van der Waals surface area contributed by atoms with Gasteiger partial charge in [0.15, 0.2) is 0 Å². The fourth-order valence-electron chi connectivity index (χ4n) is 1.53. The predicted octanol–water partition coefficient (Wildman–Crippen LogP) is 2.36. The van der Waals surface area contributed by atoms with E-state index in [2.05, 4.69) is 4.74 Å². The molecule has 4 nitrogen and oxygen atoms in total. The molecule has 1 aromatic carbocycles. The number of aryl methyl sites for hydroxylation is 1. The summed E-state index contributed by atoms with van der Waals surface area (Å²) in [6.45, 7) is 1.73. The van der Waals surface area contributed by atoms with Crippen molar-refractivity contribution in [2.75, 3.05) is 6.61 Å². The first-order chi connectivity index (χ1) is 9.02. The van der Waals surface area contributed by atoms with Crippen molar-refractivity contribution in [3.63, 3.8) is 0 Å². The van der Waals surface area contributed by atoms with Crippen molar-refractivity contribution in [3.8, 4) is 0 Å². The molecule has 0 spiro atoms. The Labute approximate surface area is 116 Å². The van der Waals surface area contributed by atoms with Crippen LogP contribution in [0.4, 0.5) is 0 Å². The highest BCUT2D eigenvalue weighted by Gasteiger charge is 2.18. The second kappa shape index (κ2) is 7.69. The Balaban J connectivity index is 2.40. The van der Waals surface area contributed by atoms with E-state index in [9.17, 15) is 14.4 Å². The van der Waals surface area contributed by atoms with E-state index in [4.69, 9.17) is 11.6 Å². The molecule has 0 fully saturated rings. The fraction of sp³-hybridized carbons (Fsp3) is 0.357. The van der Waals surface area contributed by atoms with Gasteiger partial charge in [0.25, 0.3) is 0 Å². The Morgan fingerprint density at radius 1 is 1.26 bits per heavy atom. The lowest BCUT2D eigenvalue weighted by molar-refractivity contribution is -0.154. The van der Waals surface area contributed by atoms with E-state index in [-0.39, 0.29) is 18.8 Å². The summed E-state index contributed by atoms with van der Waals surface area (Å²) < 4.78 is 4.52. The highest BCUT2D eigenvalue weighted by atomic mass is 35.5. The number of hydrogen-bond donors (Lipinski definition) is 0. The number of halogens is 1. The summed E-state index contributed by atoms with van der Waals surface area (Å²) in [6.07, 6.45) is 0.292. The highest BCUT2D eigenvalue weighted by molar-refractivity contribution is 6.37. The van der Waals surface area contributed by atoms with Crippen LogP contribution in [0.1, 0.15) is 25.3 Å². The molecule has 0 bridgehead atoms. The van der Waals surface area contributed by atoms with Gasteiger partial charge < -0.3 is 4.74 Å². The molecule has 0 aliphatic carbocycles. The van der Waals surface area contributed by atoms with Gasteiger partial charge in [-0.25, -0.2) is 4.79 Å². The molecular weight excluding hydrogens is 268 g/mol. The maximum absolute atomic E-state index is 11.6. The van der Waals surface area contributed by atoms with Crippen LogP contribution in [0.3, 0.4) is 0 Å². The predicted molar refractivity (Wildman–Crippen MR) is 71.0 cm³/mol. The van der Waals surface area contributed by atoms with E-state index in [0.717, 1.165) is 5.56 Å². The largest absolute Gasteiger partial charge is 0.460 e. The third kappa shape index (κ3) is 5.66. The van der Waals surface area contributed by atoms with Crippen LogP contribution in [0.5, 0.6) is 0 Å². The number of ketones is 2. The summed E-state index contributed by atoms with van der Waals surface area (Å²) in [5.74, 6) is -2.02. The van der Waals surface area contributed by atoms with Crippen LogP contribution >= 0.6 is 11.6 Å². The molecule has 1 aromatic rings. The van der Waals surface area contributed by atoms with Crippen molar-refractivity contribution in [2.45, 2.75) is 26.2 Å². The lowest BCUT2D eigenvalue weighted by atomic mass is 10.0. The monoisotopic (exact) mass is 282 g/mol. The number of carbonyl (C=O) groups excluding carboxylic acids is 3. The molecule has 0 heterocycles. The van der Waals surface area contributed by atoms with Gasteiger partial charge in [-0.2, -0.15) is 0 Å². The van der Waals surface area contributed by atoms with Gasteiger partial charge in [0, 0.05) is 11.4 Å². The molecule has 0 radical (unpaired) electrons. The zero-order valence-electron chi connectivity index (χ0n) is 10.6. The van der Waals surface area contributed by atoms with E-state index in [1.807, 2.05) is 6.07 Å². The number of ether oxygens (including phenoxy) is 1. The Bertz CT molecular complexity index is 482. The van der Waals surface area contributed by atoms with Crippen molar-refractivity contribution in [2.24, 2.45) is 0 Å². The summed E-state index contributed by atoms with van der Waals surface area (Å²) in [5.41, 5.74) is 0.921. The van der Waals surface area contributed by atoms with Gasteiger partial charge in [0.05, 0.1) is 13.0 Å². The Morgan fingerprint density at radius 3 is 2.63 bits per heavy atom. The zero-order valence-corrected chi connectivity index (χ0v) is 11.4. The van der Waals surface area contributed by atoms with Gasteiger partial charge in [-0.05, 0) is 31.0 Å².